The summed E-state index contributed by atoms with van der Waals surface area (Å²) in [7, 11) is -4.35. The maximum Gasteiger partial charge on any atom is 0.294 e. The molecule has 0 aliphatic carbocycles. The van der Waals surface area contributed by atoms with E-state index in [0.29, 0.717) is 0 Å². The molecule has 8 heteroatoms. The quantitative estimate of drug-likeness (QED) is 0.336. The number of phenols is 1. The number of hydrogen-bond acceptors (Lipinski definition) is 4. The predicted octanol–water partition coefficient (Wildman–Crippen LogP) is 1.58. The average molecular weight is 215 g/mol. The van der Waals surface area contributed by atoms with Crippen LogP contribution in [0.4, 0.5) is 5.69 Å². The molecule has 14 heavy (non-hydrogen) atoms. The number of benzene rings is 1. The van der Waals surface area contributed by atoms with E-state index < -0.39 is 15.0 Å². The summed E-state index contributed by atoms with van der Waals surface area (Å²) >= 11 is 0. The van der Waals surface area contributed by atoms with Crippen molar-refractivity contribution in [2.75, 3.05) is 0 Å². The van der Waals surface area contributed by atoms with Gasteiger partial charge in [-0.1, -0.05) is 5.11 Å². The largest absolute Gasteiger partial charge is 0.507 e. The minimum atomic E-state index is -4.35. The van der Waals surface area contributed by atoms with Gasteiger partial charge in [-0.2, -0.15) is 8.42 Å². The molecule has 0 aliphatic heterocycles. The standard InChI is InChI=1S/C6H5N3O4S/c7-9-8-5-3-4(14(11,12)13)1-2-6(5)10/h1-3,10H,(H,11,12,13). The Morgan fingerprint density at radius 1 is 1.43 bits per heavy atom. The van der Waals surface area contributed by atoms with Crippen LogP contribution < -0.4 is 0 Å². The van der Waals surface area contributed by atoms with E-state index in [0.717, 1.165) is 18.2 Å². The van der Waals surface area contributed by atoms with Crippen molar-refractivity contribution in [2.24, 2.45) is 5.11 Å². The van der Waals surface area contributed by atoms with Crippen molar-refractivity contribution in [3.8, 4) is 5.75 Å². The maximum absolute atomic E-state index is 10.6. The SMILES string of the molecule is [N-]=[N+]=Nc1cc(S(=O)(=O)O)ccc1O. The maximum atomic E-state index is 10.6. The molecular formula is C6H5N3O4S. The molecule has 0 spiro atoms. The molecule has 1 aromatic rings. The summed E-state index contributed by atoms with van der Waals surface area (Å²) in [5.41, 5.74) is 7.81. The number of azide groups is 1. The third-order valence-electron chi connectivity index (χ3n) is 1.40. The van der Waals surface area contributed by atoms with Gasteiger partial charge in [-0.15, -0.1) is 0 Å². The molecule has 1 rings (SSSR count). The van der Waals surface area contributed by atoms with Gasteiger partial charge in [0.25, 0.3) is 10.1 Å². The Kier molecular flexibility index (Phi) is 2.61. The molecule has 0 fully saturated rings. The fourth-order valence-electron chi connectivity index (χ4n) is 0.792. The van der Waals surface area contributed by atoms with Gasteiger partial charge in [0.2, 0.25) is 0 Å². The summed E-state index contributed by atoms with van der Waals surface area (Å²) in [6.07, 6.45) is 0. The normalized spacial score (nSPS) is 10.6. The first-order chi connectivity index (χ1) is 6.45. The van der Waals surface area contributed by atoms with Crippen LogP contribution in [-0.4, -0.2) is 18.1 Å². The topological polar surface area (TPSA) is 123 Å². The van der Waals surface area contributed by atoms with Crippen LogP contribution in [0.2, 0.25) is 0 Å². The van der Waals surface area contributed by atoms with E-state index in [2.05, 4.69) is 10.0 Å². The molecule has 0 amide bonds. The van der Waals surface area contributed by atoms with E-state index >= 15 is 0 Å². The zero-order valence-electron chi connectivity index (χ0n) is 6.69. The Labute approximate surface area is 79.0 Å². The monoisotopic (exact) mass is 215 g/mol. The van der Waals surface area contributed by atoms with E-state index in [1.165, 1.54) is 0 Å². The second kappa shape index (κ2) is 3.54. The zero-order valence-corrected chi connectivity index (χ0v) is 7.51. The second-order valence-corrected chi connectivity index (χ2v) is 3.74. The lowest BCUT2D eigenvalue weighted by Gasteiger charge is -2.00. The summed E-state index contributed by atoms with van der Waals surface area (Å²) in [4.78, 5) is 1.93. The lowest BCUT2D eigenvalue weighted by Crippen LogP contribution is -1.96. The Balaban J connectivity index is 3.41. The Bertz CT molecular complexity index is 504. The Hall–Kier alpha value is -1.76. The van der Waals surface area contributed by atoms with Crippen LogP contribution in [0.3, 0.4) is 0 Å². The number of rotatable bonds is 2. The lowest BCUT2D eigenvalue weighted by molar-refractivity contribution is 0.474. The molecule has 0 unspecified atom stereocenters. The first-order valence-corrected chi connectivity index (χ1v) is 4.75. The van der Waals surface area contributed by atoms with Gasteiger partial charge in [-0.25, -0.2) is 0 Å². The minimum absolute atomic E-state index is 0.261. The van der Waals surface area contributed by atoms with Gasteiger partial charge in [0.1, 0.15) is 5.75 Å². The highest BCUT2D eigenvalue weighted by molar-refractivity contribution is 7.85. The first-order valence-electron chi connectivity index (χ1n) is 3.31. The van der Waals surface area contributed by atoms with Crippen molar-refractivity contribution in [3.05, 3.63) is 28.6 Å². The Morgan fingerprint density at radius 2 is 2.07 bits per heavy atom. The fourth-order valence-corrected chi connectivity index (χ4v) is 1.29. The van der Waals surface area contributed by atoms with E-state index in [1.54, 1.807) is 0 Å². The highest BCUT2D eigenvalue weighted by Crippen LogP contribution is 2.28. The van der Waals surface area contributed by atoms with Crippen molar-refractivity contribution in [2.45, 2.75) is 4.90 Å². The van der Waals surface area contributed by atoms with E-state index in [1.807, 2.05) is 0 Å². The molecule has 0 bridgehead atoms. The van der Waals surface area contributed by atoms with Crippen molar-refractivity contribution >= 4 is 15.8 Å². The summed E-state index contributed by atoms with van der Waals surface area (Å²) in [6, 6.07) is 2.86. The minimum Gasteiger partial charge on any atom is -0.507 e. The van der Waals surface area contributed by atoms with Crippen molar-refractivity contribution < 1.29 is 18.1 Å². The molecule has 1 aromatic carbocycles. The molecule has 0 saturated carbocycles. The molecule has 7 nitrogen and oxygen atoms in total. The van der Waals surface area contributed by atoms with Gasteiger partial charge in [-0.3, -0.25) is 4.55 Å². The van der Waals surface area contributed by atoms with Gasteiger partial charge in [0, 0.05) is 4.91 Å². The third-order valence-corrected chi connectivity index (χ3v) is 2.25. The Morgan fingerprint density at radius 3 is 2.57 bits per heavy atom. The molecular weight excluding hydrogens is 210 g/mol. The predicted molar refractivity (Wildman–Crippen MR) is 46.7 cm³/mol. The number of phenolic OH excluding ortho intramolecular Hbond substituents is 1. The molecule has 0 saturated heterocycles. The fraction of sp³-hybridized carbons (Fsp3) is 0. The molecule has 0 radical (unpaired) electrons. The molecule has 0 aromatic heterocycles. The number of aromatic hydroxyl groups is 1. The molecule has 0 aliphatic rings. The lowest BCUT2D eigenvalue weighted by atomic mass is 10.3. The molecule has 74 valence electrons. The van der Waals surface area contributed by atoms with Crippen molar-refractivity contribution in [1.82, 2.24) is 0 Å². The zero-order chi connectivity index (χ0) is 10.8. The van der Waals surface area contributed by atoms with Gasteiger partial charge < -0.3 is 5.11 Å². The van der Waals surface area contributed by atoms with Crippen LogP contribution in [-0.2, 0) is 10.1 Å². The molecule has 0 atom stereocenters. The van der Waals surface area contributed by atoms with E-state index in [4.69, 9.17) is 15.2 Å². The van der Waals surface area contributed by atoms with Crippen LogP contribution in [0.5, 0.6) is 5.75 Å². The van der Waals surface area contributed by atoms with Crippen LogP contribution in [0.1, 0.15) is 0 Å². The summed E-state index contributed by atoms with van der Waals surface area (Å²) < 4.78 is 29.9. The van der Waals surface area contributed by atoms with Crippen molar-refractivity contribution in [1.29, 1.82) is 0 Å². The van der Waals surface area contributed by atoms with Gasteiger partial charge in [0.15, 0.2) is 0 Å². The van der Waals surface area contributed by atoms with Gasteiger partial charge >= 0.3 is 0 Å². The molecule has 0 heterocycles. The van der Waals surface area contributed by atoms with Crippen LogP contribution in [0, 0.1) is 0 Å². The van der Waals surface area contributed by atoms with E-state index in [9.17, 15) is 8.42 Å². The van der Waals surface area contributed by atoms with E-state index in [-0.39, 0.29) is 11.4 Å². The first kappa shape index (κ1) is 10.3. The highest BCUT2D eigenvalue weighted by Gasteiger charge is 2.11. The van der Waals surface area contributed by atoms with Gasteiger partial charge in [0.05, 0.1) is 10.6 Å². The van der Waals surface area contributed by atoms with Gasteiger partial charge in [-0.05, 0) is 23.7 Å². The number of hydrogen-bond donors (Lipinski definition) is 2. The molecule has 2 N–H and O–H groups in total. The summed E-state index contributed by atoms with van der Waals surface area (Å²) in [5, 5.41) is 12.1. The average Bonchev–Trinajstić information content (AvgIpc) is 2.07. The number of nitrogens with zero attached hydrogens (tertiary/aromatic N) is 3. The van der Waals surface area contributed by atoms with Crippen molar-refractivity contribution in [3.63, 3.8) is 0 Å². The second-order valence-electron chi connectivity index (χ2n) is 2.32. The van der Waals surface area contributed by atoms with Crippen LogP contribution >= 0.6 is 0 Å². The highest BCUT2D eigenvalue weighted by atomic mass is 32.2. The smallest absolute Gasteiger partial charge is 0.294 e. The summed E-state index contributed by atoms with van der Waals surface area (Å²) in [6.45, 7) is 0. The van der Waals surface area contributed by atoms with Crippen LogP contribution in [0.15, 0.2) is 28.2 Å². The third kappa shape index (κ3) is 2.13. The van der Waals surface area contributed by atoms with Crippen LogP contribution in [0.25, 0.3) is 10.4 Å². The summed E-state index contributed by atoms with van der Waals surface area (Å²) in [5.74, 6) is -0.366.